The van der Waals surface area contributed by atoms with Crippen LogP contribution in [0, 0.1) is 13.8 Å². The number of hydrogen-bond donors (Lipinski definition) is 1. The molecular formula is C22H36N8. The highest BCUT2D eigenvalue weighted by molar-refractivity contribution is 5.85. The molecule has 3 aromatic rings. The third kappa shape index (κ3) is 4.19. The topological polar surface area (TPSA) is 76.7 Å². The maximum absolute atomic E-state index is 4.91. The second-order valence-corrected chi connectivity index (χ2v) is 8.84. The Morgan fingerprint density at radius 2 is 1.70 bits per heavy atom. The molecule has 0 aliphatic carbocycles. The summed E-state index contributed by atoms with van der Waals surface area (Å²) in [5, 5.41) is 8.09. The minimum atomic E-state index is 0.263. The van der Waals surface area contributed by atoms with Crippen molar-refractivity contribution in [3.8, 4) is 11.4 Å². The van der Waals surface area contributed by atoms with Crippen molar-refractivity contribution in [2.24, 2.45) is 7.05 Å². The monoisotopic (exact) mass is 412 g/mol. The Morgan fingerprint density at radius 3 is 2.23 bits per heavy atom. The van der Waals surface area contributed by atoms with Gasteiger partial charge in [0, 0.05) is 44.0 Å². The van der Waals surface area contributed by atoms with E-state index in [4.69, 9.17) is 9.97 Å². The van der Waals surface area contributed by atoms with Crippen LogP contribution in [-0.2, 0) is 7.05 Å². The fourth-order valence-corrected chi connectivity index (χ4v) is 4.04. The van der Waals surface area contributed by atoms with Crippen LogP contribution in [0.2, 0.25) is 0 Å². The Hall–Kier alpha value is -2.48. The maximum Gasteiger partial charge on any atom is 0.167 e. The molecule has 0 radical (unpaired) electrons. The Labute approximate surface area is 179 Å². The van der Waals surface area contributed by atoms with Gasteiger partial charge in [-0.1, -0.05) is 0 Å². The van der Waals surface area contributed by atoms with Gasteiger partial charge < -0.3 is 9.88 Å². The molecule has 0 aromatic carbocycles. The molecule has 0 fully saturated rings. The first-order chi connectivity index (χ1) is 14.1. The van der Waals surface area contributed by atoms with Crippen LogP contribution in [0.25, 0.3) is 22.6 Å². The highest BCUT2D eigenvalue weighted by Crippen LogP contribution is 2.29. The van der Waals surface area contributed by atoms with E-state index in [1.54, 1.807) is 0 Å². The number of fused-ring (bicyclic) bond motifs is 1. The van der Waals surface area contributed by atoms with Gasteiger partial charge in [-0.05, 0) is 55.4 Å². The van der Waals surface area contributed by atoms with Gasteiger partial charge in [0.15, 0.2) is 17.3 Å². The molecule has 3 rings (SSSR count). The second kappa shape index (κ2) is 8.71. The zero-order valence-electron chi connectivity index (χ0n) is 19.9. The van der Waals surface area contributed by atoms with Crippen molar-refractivity contribution >= 4 is 17.0 Å². The molecule has 0 atom stereocenters. The smallest absolute Gasteiger partial charge is 0.167 e. The number of imidazole rings is 1. The van der Waals surface area contributed by atoms with Crippen LogP contribution in [0.4, 0.5) is 5.82 Å². The summed E-state index contributed by atoms with van der Waals surface area (Å²) in [6.07, 6.45) is 1.86. The average Bonchev–Trinajstić information content (AvgIpc) is 3.18. The van der Waals surface area contributed by atoms with Gasteiger partial charge in [-0.25, -0.2) is 15.0 Å². The third-order valence-corrected chi connectivity index (χ3v) is 5.70. The first kappa shape index (κ1) is 22.2. The van der Waals surface area contributed by atoms with Gasteiger partial charge in [0.05, 0.1) is 17.6 Å². The van der Waals surface area contributed by atoms with E-state index >= 15 is 0 Å². The fraction of sp³-hybridized carbons (Fsp3) is 0.636. The van der Waals surface area contributed by atoms with E-state index in [2.05, 4.69) is 73.3 Å². The molecule has 3 aromatic heterocycles. The van der Waals surface area contributed by atoms with Gasteiger partial charge in [-0.3, -0.25) is 9.58 Å². The lowest BCUT2D eigenvalue weighted by atomic mass is 10.2. The van der Waals surface area contributed by atoms with E-state index in [0.29, 0.717) is 17.9 Å². The zero-order chi connectivity index (χ0) is 22.2. The zero-order valence-corrected chi connectivity index (χ0v) is 19.9. The standard InChI is InChI=1S/C22H36N8/c1-13(2)29(14(3)4)11-10-23-21-19-22(30(12-24-19)15(5)6)26-20(25-21)18-16(7)27-28(9)17(18)8/h12-15H,10-11H2,1-9H3,(H,23,25,26). The fourth-order valence-electron chi connectivity index (χ4n) is 4.04. The van der Waals surface area contributed by atoms with Crippen LogP contribution in [0.3, 0.4) is 0 Å². The Kier molecular flexibility index (Phi) is 6.45. The van der Waals surface area contributed by atoms with Gasteiger partial charge in [0.25, 0.3) is 0 Å². The van der Waals surface area contributed by atoms with Gasteiger partial charge in [0.2, 0.25) is 0 Å². The summed E-state index contributed by atoms with van der Waals surface area (Å²) in [4.78, 5) is 16.9. The van der Waals surface area contributed by atoms with Crippen molar-refractivity contribution in [3.05, 3.63) is 17.7 Å². The molecule has 0 aliphatic heterocycles. The van der Waals surface area contributed by atoms with Crippen molar-refractivity contribution in [2.75, 3.05) is 18.4 Å². The predicted octanol–water partition coefficient (Wildman–Crippen LogP) is 3.96. The van der Waals surface area contributed by atoms with Crippen molar-refractivity contribution in [3.63, 3.8) is 0 Å². The lowest BCUT2D eigenvalue weighted by Crippen LogP contribution is -2.40. The highest BCUT2D eigenvalue weighted by atomic mass is 15.3. The van der Waals surface area contributed by atoms with Gasteiger partial charge >= 0.3 is 0 Å². The molecule has 0 saturated carbocycles. The molecule has 0 amide bonds. The SMILES string of the molecule is Cc1nn(C)c(C)c1-c1nc(NCCN(C(C)C)C(C)C)c2ncn(C(C)C)c2n1. The van der Waals surface area contributed by atoms with Gasteiger partial charge in [-0.15, -0.1) is 0 Å². The molecule has 3 heterocycles. The van der Waals surface area contributed by atoms with E-state index in [1.807, 2.05) is 25.0 Å². The van der Waals surface area contributed by atoms with Crippen LogP contribution in [0.1, 0.15) is 59.0 Å². The molecule has 0 saturated heterocycles. The molecule has 0 unspecified atom stereocenters. The summed E-state index contributed by atoms with van der Waals surface area (Å²) >= 11 is 0. The first-order valence-corrected chi connectivity index (χ1v) is 10.9. The summed E-state index contributed by atoms with van der Waals surface area (Å²) in [6.45, 7) is 19.0. The maximum atomic E-state index is 4.91. The Morgan fingerprint density at radius 1 is 1.03 bits per heavy atom. The highest BCUT2D eigenvalue weighted by Gasteiger charge is 2.20. The first-order valence-electron chi connectivity index (χ1n) is 10.9. The molecule has 30 heavy (non-hydrogen) atoms. The van der Waals surface area contributed by atoms with Gasteiger partial charge in [-0.2, -0.15) is 5.10 Å². The number of anilines is 1. The van der Waals surface area contributed by atoms with Crippen LogP contribution >= 0.6 is 0 Å². The van der Waals surface area contributed by atoms with E-state index in [9.17, 15) is 0 Å². The molecule has 8 heteroatoms. The number of aromatic nitrogens is 6. The van der Waals surface area contributed by atoms with Crippen molar-refractivity contribution in [1.82, 2.24) is 34.2 Å². The van der Waals surface area contributed by atoms with Crippen molar-refractivity contribution < 1.29 is 0 Å². The van der Waals surface area contributed by atoms with Crippen molar-refractivity contribution in [2.45, 2.75) is 73.5 Å². The summed E-state index contributed by atoms with van der Waals surface area (Å²) in [5.41, 5.74) is 4.64. The predicted molar refractivity (Wildman–Crippen MR) is 123 cm³/mol. The van der Waals surface area contributed by atoms with Gasteiger partial charge in [0.1, 0.15) is 5.52 Å². The quantitative estimate of drug-likeness (QED) is 0.604. The van der Waals surface area contributed by atoms with Crippen LogP contribution in [-0.4, -0.2) is 59.4 Å². The largest absolute Gasteiger partial charge is 0.367 e. The van der Waals surface area contributed by atoms with E-state index < -0.39 is 0 Å². The van der Waals surface area contributed by atoms with E-state index in [0.717, 1.165) is 47.0 Å². The van der Waals surface area contributed by atoms with E-state index in [1.165, 1.54) is 0 Å². The number of rotatable bonds is 8. The molecule has 8 nitrogen and oxygen atoms in total. The lowest BCUT2D eigenvalue weighted by Gasteiger charge is -2.30. The normalized spacial score (nSPS) is 12.3. The minimum Gasteiger partial charge on any atom is -0.367 e. The third-order valence-electron chi connectivity index (χ3n) is 5.70. The molecule has 164 valence electrons. The molecular weight excluding hydrogens is 376 g/mol. The van der Waals surface area contributed by atoms with E-state index in [-0.39, 0.29) is 6.04 Å². The molecule has 1 N–H and O–H groups in total. The number of hydrogen-bond acceptors (Lipinski definition) is 6. The minimum absolute atomic E-state index is 0.263. The molecule has 0 aliphatic rings. The van der Waals surface area contributed by atoms with Crippen LogP contribution in [0.15, 0.2) is 6.33 Å². The average molecular weight is 413 g/mol. The Bertz CT molecular complexity index is 1000. The number of aryl methyl sites for hydroxylation is 2. The summed E-state index contributed by atoms with van der Waals surface area (Å²) in [7, 11) is 1.95. The van der Waals surface area contributed by atoms with Crippen LogP contribution in [0.5, 0.6) is 0 Å². The summed E-state index contributed by atoms with van der Waals surface area (Å²) in [6, 6.07) is 1.25. The van der Waals surface area contributed by atoms with Crippen LogP contribution < -0.4 is 5.32 Å². The lowest BCUT2D eigenvalue weighted by molar-refractivity contribution is 0.182. The van der Waals surface area contributed by atoms with Crippen molar-refractivity contribution in [1.29, 1.82) is 0 Å². The second-order valence-electron chi connectivity index (χ2n) is 8.84. The summed E-state index contributed by atoms with van der Waals surface area (Å²) < 4.78 is 3.98. The summed E-state index contributed by atoms with van der Waals surface area (Å²) in [5.74, 6) is 1.48. The molecule has 0 bridgehead atoms. The Balaban J connectivity index is 2.02. The number of nitrogens with one attached hydrogen (secondary N) is 1. The number of nitrogens with zero attached hydrogens (tertiary/aromatic N) is 7. The molecule has 0 spiro atoms.